The van der Waals surface area contributed by atoms with Gasteiger partial charge in [-0.25, -0.2) is 0 Å². The molecule has 0 amide bonds. The summed E-state index contributed by atoms with van der Waals surface area (Å²) >= 11 is 0. The van der Waals surface area contributed by atoms with Crippen molar-refractivity contribution in [2.24, 2.45) is 5.84 Å². The summed E-state index contributed by atoms with van der Waals surface area (Å²) in [4.78, 5) is 0. The minimum atomic E-state index is 0.0879. The van der Waals surface area contributed by atoms with Crippen LogP contribution in [0.15, 0.2) is 0 Å². The molecule has 0 fully saturated rings. The molecule has 0 spiro atoms. The average Bonchev–Trinajstić information content (AvgIpc) is 1.98. The Hall–Kier alpha value is -0.560. The fraction of sp³-hybridized carbons (Fsp3) is 0.714. The summed E-state index contributed by atoms with van der Waals surface area (Å²) < 4.78 is 5.10. The highest BCUT2D eigenvalue weighted by atomic mass is 16.5. The van der Waals surface area contributed by atoms with E-state index in [4.69, 9.17) is 17.0 Å². The van der Waals surface area contributed by atoms with E-state index in [0.717, 1.165) is 0 Å². The maximum Gasteiger partial charge on any atom is 0.0642 e. The van der Waals surface area contributed by atoms with Crippen LogP contribution in [0.1, 0.15) is 13.3 Å². The van der Waals surface area contributed by atoms with E-state index in [1.807, 2.05) is 6.92 Å². The highest BCUT2D eigenvalue weighted by Gasteiger charge is 2.02. The van der Waals surface area contributed by atoms with Crippen LogP contribution in [0.25, 0.3) is 0 Å². The van der Waals surface area contributed by atoms with Gasteiger partial charge in [0.05, 0.1) is 12.6 Å². The SMILES string of the molecule is C#CCC(COCC)NN. The molecule has 1 unspecified atom stereocenters. The molecule has 0 rings (SSSR count). The van der Waals surface area contributed by atoms with E-state index in [1.165, 1.54) is 0 Å². The van der Waals surface area contributed by atoms with Gasteiger partial charge in [0.15, 0.2) is 0 Å². The van der Waals surface area contributed by atoms with Crippen LogP contribution in [-0.4, -0.2) is 19.3 Å². The number of ether oxygens (including phenoxy) is 1. The summed E-state index contributed by atoms with van der Waals surface area (Å²) in [6.07, 6.45) is 5.68. The van der Waals surface area contributed by atoms with Gasteiger partial charge in [-0.3, -0.25) is 11.3 Å². The van der Waals surface area contributed by atoms with Gasteiger partial charge in [0.2, 0.25) is 0 Å². The first-order valence-corrected chi connectivity index (χ1v) is 3.32. The molecule has 3 N–H and O–H groups in total. The van der Waals surface area contributed by atoms with Gasteiger partial charge in [0, 0.05) is 13.0 Å². The van der Waals surface area contributed by atoms with Crippen LogP contribution in [0, 0.1) is 12.3 Å². The Morgan fingerprint density at radius 2 is 2.50 bits per heavy atom. The second-order valence-electron chi connectivity index (χ2n) is 1.93. The van der Waals surface area contributed by atoms with Crippen LogP contribution in [0.2, 0.25) is 0 Å². The zero-order chi connectivity index (χ0) is 7.82. The standard InChI is InChI=1S/C7H14N2O/c1-3-5-7(9-8)6-10-4-2/h1,7,9H,4-6,8H2,2H3. The molecule has 10 heavy (non-hydrogen) atoms. The van der Waals surface area contributed by atoms with E-state index in [0.29, 0.717) is 19.6 Å². The molecule has 0 radical (unpaired) electrons. The van der Waals surface area contributed by atoms with E-state index in [2.05, 4.69) is 11.3 Å². The summed E-state index contributed by atoms with van der Waals surface area (Å²) in [6.45, 7) is 3.21. The third-order valence-corrected chi connectivity index (χ3v) is 1.12. The van der Waals surface area contributed by atoms with E-state index >= 15 is 0 Å². The molecular formula is C7H14N2O. The molecule has 3 heteroatoms. The van der Waals surface area contributed by atoms with E-state index in [9.17, 15) is 0 Å². The monoisotopic (exact) mass is 142 g/mol. The Morgan fingerprint density at radius 1 is 1.80 bits per heavy atom. The molecule has 0 aliphatic carbocycles. The van der Waals surface area contributed by atoms with E-state index in [1.54, 1.807) is 0 Å². The molecule has 0 saturated carbocycles. The molecule has 1 atom stereocenters. The van der Waals surface area contributed by atoms with Crippen molar-refractivity contribution in [3.8, 4) is 12.3 Å². The molecule has 0 bridgehead atoms. The number of hydrazine groups is 1. The summed E-state index contributed by atoms with van der Waals surface area (Å²) in [5.41, 5.74) is 2.57. The van der Waals surface area contributed by atoms with Gasteiger partial charge in [-0.2, -0.15) is 0 Å². The molecule has 0 saturated heterocycles. The molecule has 58 valence electrons. The van der Waals surface area contributed by atoms with Crippen LogP contribution in [-0.2, 0) is 4.74 Å². The molecule has 0 heterocycles. The third kappa shape index (κ3) is 4.33. The van der Waals surface area contributed by atoms with Gasteiger partial charge in [0.1, 0.15) is 0 Å². The first-order chi connectivity index (χ1) is 4.85. The van der Waals surface area contributed by atoms with E-state index in [-0.39, 0.29) is 6.04 Å². The van der Waals surface area contributed by atoms with Crippen molar-refractivity contribution in [3.05, 3.63) is 0 Å². The Balaban J connectivity index is 3.32. The lowest BCUT2D eigenvalue weighted by Gasteiger charge is -2.11. The van der Waals surface area contributed by atoms with Crippen molar-refractivity contribution in [3.63, 3.8) is 0 Å². The topological polar surface area (TPSA) is 47.3 Å². The predicted octanol–water partition coefficient (Wildman–Crippen LogP) is -0.122. The van der Waals surface area contributed by atoms with Crippen LogP contribution < -0.4 is 11.3 Å². The first kappa shape index (κ1) is 9.44. The maximum absolute atomic E-state index is 5.17. The lowest BCUT2D eigenvalue weighted by atomic mass is 10.2. The van der Waals surface area contributed by atoms with E-state index < -0.39 is 0 Å². The van der Waals surface area contributed by atoms with Crippen LogP contribution >= 0.6 is 0 Å². The fourth-order valence-corrected chi connectivity index (χ4v) is 0.568. The third-order valence-electron chi connectivity index (χ3n) is 1.12. The lowest BCUT2D eigenvalue weighted by Crippen LogP contribution is -2.38. The van der Waals surface area contributed by atoms with Crippen molar-refractivity contribution >= 4 is 0 Å². The van der Waals surface area contributed by atoms with Gasteiger partial charge < -0.3 is 4.74 Å². The molecular weight excluding hydrogens is 128 g/mol. The second-order valence-corrected chi connectivity index (χ2v) is 1.93. The number of rotatable bonds is 5. The number of hydrogen-bond donors (Lipinski definition) is 2. The zero-order valence-electron chi connectivity index (χ0n) is 6.26. The minimum absolute atomic E-state index is 0.0879. The Labute approximate surface area is 61.9 Å². The van der Waals surface area contributed by atoms with Crippen LogP contribution in [0.5, 0.6) is 0 Å². The predicted molar refractivity (Wildman–Crippen MR) is 41.1 cm³/mol. The highest BCUT2D eigenvalue weighted by Crippen LogP contribution is 1.88. The van der Waals surface area contributed by atoms with Crippen molar-refractivity contribution in [1.29, 1.82) is 0 Å². The first-order valence-electron chi connectivity index (χ1n) is 3.32. The molecule has 0 aliphatic heterocycles. The Kier molecular flexibility index (Phi) is 6.19. The van der Waals surface area contributed by atoms with Gasteiger partial charge in [0.25, 0.3) is 0 Å². The molecule has 0 aliphatic rings. The number of hydrogen-bond acceptors (Lipinski definition) is 3. The van der Waals surface area contributed by atoms with Gasteiger partial charge >= 0.3 is 0 Å². The normalized spacial score (nSPS) is 12.5. The fourth-order valence-electron chi connectivity index (χ4n) is 0.568. The molecule has 0 aromatic carbocycles. The van der Waals surface area contributed by atoms with Crippen LogP contribution in [0.4, 0.5) is 0 Å². The van der Waals surface area contributed by atoms with Crippen molar-refractivity contribution in [2.45, 2.75) is 19.4 Å². The smallest absolute Gasteiger partial charge is 0.0642 e. The molecule has 0 aromatic rings. The van der Waals surface area contributed by atoms with Crippen LogP contribution in [0.3, 0.4) is 0 Å². The maximum atomic E-state index is 5.17. The molecule has 0 aromatic heterocycles. The Morgan fingerprint density at radius 3 is 2.90 bits per heavy atom. The van der Waals surface area contributed by atoms with Gasteiger partial charge in [-0.05, 0) is 6.92 Å². The number of terminal acetylenes is 1. The van der Waals surface area contributed by atoms with Crippen molar-refractivity contribution < 1.29 is 4.74 Å². The summed E-state index contributed by atoms with van der Waals surface area (Å²) in [7, 11) is 0. The number of nitrogens with one attached hydrogen (secondary N) is 1. The van der Waals surface area contributed by atoms with Crippen molar-refractivity contribution in [1.82, 2.24) is 5.43 Å². The van der Waals surface area contributed by atoms with Crippen molar-refractivity contribution in [2.75, 3.05) is 13.2 Å². The zero-order valence-corrected chi connectivity index (χ0v) is 6.26. The largest absolute Gasteiger partial charge is 0.380 e. The Bertz CT molecular complexity index is 109. The van der Waals surface area contributed by atoms with Gasteiger partial charge in [-0.1, -0.05) is 0 Å². The lowest BCUT2D eigenvalue weighted by molar-refractivity contribution is 0.124. The summed E-state index contributed by atoms with van der Waals surface area (Å²) in [5, 5.41) is 0. The summed E-state index contributed by atoms with van der Waals surface area (Å²) in [5.74, 6) is 7.68. The average molecular weight is 142 g/mol. The quantitative estimate of drug-likeness (QED) is 0.319. The minimum Gasteiger partial charge on any atom is -0.380 e. The molecule has 3 nitrogen and oxygen atoms in total. The number of nitrogens with two attached hydrogens (primary N) is 1. The summed E-state index contributed by atoms with van der Waals surface area (Å²) in [6, 6.07) is 0.0879. The highest BCUT2D eigenvalue weighted by molar-refractivity contribution is 4.88. The van der Waals surface area contributed by atoms with Gasteiger partial charge in [-0.15, -0.1) is 12.3 Å². The second kappa shape index (κ2) is 6.56.